The highest BCUT2D eigenvalue weighted by atomic mass is 32.1. The molecule has 1 aliphatic rings. The van der Waals surface area contributed by atoms with Gasteiger partial charge in [0.15, 0.2) is 6.10 Å². The number of carbonyl (C=O) groups excluding carboxylic acids is 3. The van der Waals surface area contributed by atoms with Gasteiger partial charge < -0.3 is 20.4 Å². The van der Waals surface area contributed by atoms with E-state index in [9.17, 15) is 19.2 Å². The Hall–Kier alpha value is -3.53. The molecule has 0 aromatic carbocycles. The second kappa shape index (κ2) is 9.99. The molecule has 1 aliphatic carbocycles. The van der Waals surface area contributed by atoms with Gasteiger partial charge in [-0.1, -0.05) is 6.92 Å². The number of anilines is 1. The van der Waals surface area contributed by atoms with Gasteiger partial charge in [-0.05, 0) is 63.6 Å². The number of thiophene rings is 1. The number of rotatable bonds is 7. The summed E-state index contributed by atoms with van der Waals surface area (Å²) < 4.78 is 7.18. The largest absolute Gasteiger partial charge is 0.449 e. The third kappa shape index (κ3) is 4.70. The van der Waals surface area contributed by atoms with E-state index in [0.717, 1.165) is 41.8 Å². The van der Waals surface area contributed by atoms with Crippen molar-refractivity contribution in [3.63, 3.8) is 0 Å². The minimum Gasteiger partial charge on any atom is -0.449 e. The molecule has 1 unspecified atom stereocenters. The van der Waals surface area contributed by atoms with Crippen LogP contribution in [0.15, 0.2) is 23.1 Å². The third-order valence-electron chi connectivity index (χ3n) is 6.19. The number of hydrogen-bond acceptors (Lipinski definition) is 7. The van der Waals surface area contributed by atoms with Gasteiger partial charge in [0.1, 0.15) is 16.2 Å². The summed E-state index contributed by atoms with van der Waals surface area (Å²) in [6.45, 7) is 5.89. The predicted molar refractivity (Wildman–Crippen MR) is 134 cm³/mol. The number of primary amides is 1. The fraction of sp³-hybridized carbons (Fsp3) is 0.400. The van der Waals surface area contributed by atoms with E-state index in [1.165, 1.54) is 17.5 Å². The van der Waals surface area contributed by atoms with Crippen molar-refractivity contribution in [2.45, 2.75) is 65.5 Å². The van der Waals surface area contributed by atoms with E-state index in [1.54, 1.807) is 23.6 Å². The van der Waals surface area contributed by atoms with E-state index in [-0.39, 0.29) is 12.0 Å². The molecule has 3 heterocycles. The molecule has 0 radical (unpaired) electrons. The molecule has 184 valence electrons. The molecule has 35 heavy (non-hydrogen) atoms. The van der Waals surface area contributed by atoms with Crippen molar-refractivity contribution in [1.82, 2.24) is 9.55 Å². The Kier molecular flexibility index (Phi) is 7.02. The summed E-state index contributed by atoms with van der Waals surface area (Å²) in [6.07, 6.45) is 4.01. The van der Waals surface area contributed by atoms with Crippen LogP contribution in [0.3, 0.4) is 0 Å². The summed E-state index contributed by atoms with van der Waals surface area (Å²) in [6, 6.07) is 3.34. The molecule has 0 spiro atoms. The van der Waals surface area contributed by atoms with Gasteiger partial charge >= 0.3 is 5.97 Å². The average Bonchev–Trinajstić information content (AvgIpc) is 3.20. The molecule has 3 aromatic heterocycles. The first-order valence-electron chi connectivity index (χ1n) is 11.7. The molecule has 0 saturated heterocycles. The second-order valence-electron chi connectivity index (χ2n) is 8.55. The number of fused-ring (bicyclic) bond motifs is 2. The third-order valence-corrected chi connectivity index (χ3v) is 7.40. The molecular formula is C25H28N4O5S. The van der Waals surface area contributed by atoms with Crippen LogP contribution in [0, 0.1) is 6.92 Å². The number of pyridine rings is 2. The number of esters is 1. The van der Waals surface area contributed by atoms with E-state index >= 15 is 0 Å². The molecule has 10 heteroatoms. The Balaban J connectivity index is 1.60. The van der Waals surface area contributed by atoms with Crippen molar-refractivity contribution in [2.24, 2.45) is 5.73 Å². The zero-order valence-corrected chi connectivity index (χ0v) is 20.8. The number of amides is 2. The molecule has 0 saturated carbocycles. The fourth-order valence-corrected chi connectivity index (χ4v) is 5.67. The summed E-state index contributed by atoms with van der Waals surface area (Å²) in [5, 5.41) is 3.42. The predicted octanol–water partition coefficient (Wildman–Crippen LogP) is 3.34. The fourth-order valence-electron chi connectivity index (χ4n) is 4.37. The molecule has 3 N–H and O–H groups in total. The molecular weight excluding hydrogens is 468 g/mol. The maximum Gasteiger partial charge on any atom is 0.344 e. The van der Waals surface area contributed by atoms with Crippen LogP contribution in [0.2, 0.25) is 0 Å². The highest BCUT2D eigenvalue weighted by molar-refractivity contribution is 7.17. The van der Waals surface area contributed by atoms with Crippen molar-refractivity contribution in [1.29, 1.82) is 0 Å². The number of hydrogen-bond donors (Lipinski definition) is 2. The van der Waals surface area contributed by atoms with Gasteiger partial charge in [0, 0.05) is 23.3 Å². The van der Waals surface area contributed by atoms with Gasteiger partial charge in [-0.2, -0.15) is 0 Å². The Morgan fingerprint density at radius 3 is 2.66 bits per heavy atom. The van der Waals surface area contributed by atoms with Gasteiger partial charge in [0.05, 0.1) is 10.9 Å². The normalized spacial score (nSPS) is 13.8. The Morgan fingerprint density at radius 1 is 1.23 bits per heavy atom. The number of ether oxygens (including phenoxy) is 1. The lowest BCUT2D eigenvalue weighted by Gasteiger charge is -2.17. The van der Waals surface area contributed by atoms with Crippen LogP contribution in [-0.2, 0) is 28.9 Å². The number of carbonyl (C=O) groups is 3. The summed E-state index contributed by atoms with van der Waals surface area (Å²) in [7, 11) is 0. The summed E-state index contributed by atoms with van der Waals surface area (Å²) in [5.41, 5.74) is 7.42. The average molecular weight is 497 g/mol. The summed E-state index contributed by atoms with van der Waals surface area (Å²) in [5.74, 6) is -2.05. The van der Waals surface area contributed by atoms with Crippen LogP contribution >= 0.6 is 11.3 Å². The van der Waals surface area contributed by atoms with Gasteiger partial charge in [0.25, 0.3) is 11.8 Å². The lowest BCUT2D eigenvalue weighted by atomic mass is 9.95. The highest BCUT2D eigenvalue weighted by Gasteiger charge is 2.29. The Labute approximate surface area is 206 Å². The first kappa shape index (κ1) is 24.6. The Bertz CT molecular complexity index is 1390. The maximum absolute atomic E-state index is 13.0. The smallest absolute Gasteiger partial charge is 0.344 e. The van der Waals surface area contributed by atoms with Crippen molar-refractivity contribution >= 4 is 45.2 Å². The van der Waals surface area contributed by atoms with Crippen LogP contribution in [0.25, 0.3) is 11.0 Å². The number of nitrogens with zero attached hydrogens (tertiary/aromatic N) is 2. The van der Waals surface area contributed by atoms with Gasteiger partial charge in [0.2, 0.25) is 5.43 Å². The van der Waals surface area contributed by atoms with E-state index in [2.05, 4.69) is 10.3 Å². The lowest BCUT2D eigenvalue weighted by molar-refractivity contribution is -0.124. The molecule has 4 rings (SSSR count). The lowest BCUT2D eigenvalue weighted by Crippen LogP contribution is -2.34. The van der Waals surface area contributed by atoms with Crippen molar-refractivity contribution in [3.05, 3.63) is 55.8 Å². The Morgan fingerprint density at radius 2 is 1.97 bits per heavy atom. The van der Waals surface area contributed by atoms with Crippen molar-refractivity contribution in [3.8, 4) is 0 Å². The first-order valence-corrected chi connectivity index (χ1v) is 12.5. The molecule has 0 bridgehead atoms. The quantitative estimate of drug-likeness (QED) is 0.482. The standard InChI is InChI=1S/C25H28N4O5S/c1-4-17(23(32)28-24-19(21(26)31)14-8-6-7-9-18(14)35-24)34-25(33)16-12-29(5-2)22-15(20(16)30)11-10-13(3)27-22/h10-12,17H,4-9H2,1-3H3,(H2,26,31)(H,28,32). The molecule has 1 atom stereocenters. The molecule has 3 aromatic rings. The zero-order chi connectivity index (χ0) is 25.3. The molecule has 0 aliphatic heterocycles. The van der Waals surface area contributed by atoms with Gasteiger partial charge in [-0.15, -0.1) is 11.3 Å². The van der Waals surface area contributed by atoms with Crippen molar-refractivity contribution in [2.75, 3.05) is 5.32 Å². The van der Waals surface area contributed by atoms with Crippen molar-refractivity contribution < 1.29 is 19.1 Å². The SMILES string of the molecule is CCC(OC(=O)c1cn(CC)c2nc(C)ccc2c1=O)C(=O)Nc1sc2c(c1C(N)=O)CCCC2. The van der Waals surface area contributed by atoms with Crippen LogP contribution in [0.5, 0.6) is 0 Å². The highest BCUT2D eigenvalue weighted by Crippen LogP contribution is 2.38. The number of aryl methyl sites for hydroxylation is 3. The van der Waals surface area contributed by atoms with Crippen LogP contribution in [0.1, 0.15) is 70.0 Å². The molecule has 0 fully saturated rings. The molecule has 9 nitrogen and oxygen atoms in total. The molecule has 2 amide bonds. The van der Waals surface area contributed by atoms with Crippen LogP contribution in [0.4, 0.5) is 5.00 Å². The van der Waals surface area contributed by atoms with Crippen LogP contribution < -0.4 is 16.5 Å². The summed E-state index contributed by atoms with van der Waals surface area (Å²) in [4.78, 5) is 56.6. The van der Waals surface area contributed by atoms with Gasteiger partial charge in [-0.3, -0.25) is 14.4 Å². The topological polar surface area (TPSA) is 133 Å². The van der Waals surface area contributed by atoms with Gasteiger partial charge in [-0.25, -0.2) is 9.78 Å². The van der Waals surface area contributed by atoms with E-state index in [1.807, 2.05) is 13.8 Å². The first-order chi connectivity index (χ1) is 16.7. The minimum absolute atomic E-state index is 0.166. The number of aromatic nitrogens is 2. The van der Waals surface area contributed by atoms with Crippen LogP contribution in [-0.4, -0.2) is 33.4 Å². The summed E-state index contributed by atoms with van der Waals surface area (Å²) >= 11 is 1.34. The van der Waals surface area contributed by atoms with E-state index in [0.29, 0.717) is 28.1 Å². The maximum atomic E-state index is 13.0. The van der Waals surface area contributed by atoms with E-state index in [4.69, 9.17) is 10.5 Å². The van der Waals surface area contributed by atoms with E-state index < -0.39 is 29.3 Å². The number of nitrogens with two attached hydrogens (primary N) is 1. The zero-order valence-electron chi connectivity index (χ0n) is 20.0. The second-order valence-corrected chi connectivity index (χ2v) is 9.66. The minimum atomic E-state index is -1.15. The monoisotopic (exact) mass is 496 g/mol. The number of nitrogens with one attached hydrogen (secondary N) is 1.